The van der Waals surface area contributed by atoms with E-state index in [1.54, 1.807) is 6.20 Å². The van der Waals surface area contributed by atoms with Crippen LogP contribution in [0.3, 0.4) is 0 Å². The van der Waals surface area contributed by atoms with E-state index in [1.165, 1.54) is 0 Å². The van der Waals surface area contributed by atoms with Gasteiger partial charge in [-0.3, -0.25) is 5.32 Å². The first kappa shape index (κ1) is 8.04. The minimum atomic E-state index is 0.571. The Kier molecular flexibility index (Phi) is 2.12. The van der Waals surface area contributed by atoms with Gasteiger partial charge in [0.15, 0.2) is 0 Å². The Bertz CT molecular complexity index is 335. The number of amidine groups is 1. The van der Waals surface area contributed by atoms with E-state index in [9.17, 15) is 0 Å². The number of anilines is 1. The Hall–Kier alpha value is -1.58. The molecule has 4 heteroatoms. The number of aryl methyl sites for hydroxylation is 1. The summed E-state index contributed by atoms with van der Waals surface area (Å²) in [6.07, 6.45) is 1.74. The second-order valence-electron chi connectivity index (χ2n) is 2.83. The van der Waals surface area contributed by atoms with Crippen LogP contribution >= 0.6 is 0 Å². The van der Waals surface area contributed by atoms with Crippen LogP contribution < -0.4 is 5.32 Å². The van der Waals surface area contributed by atoms with Gasteiger partial charge in [0.2, 0.25) is 0 Å². The van der Waals surface area contributed by atoms with E-state index in [4.69, 9.17) is 4.74 Å². The summed E-state index contributed by atoms with van der Waals surface area (Å²) >= 11 is 0. The van der Waals surface area contributed by atoms with E-state index in [1.807, 2.05) is 19.1 Å². The van der Waals surface area contributed by atoms with E-state index in [2.05, 4.69) is 15.3 Å². The molecule has 0 radical (unpaired) electrons. The van der Waals surface area contributed by atoms with Gasteiger partial charge in [-0.15, -0.1) is 0 Å². The number of nitrogens with one attached hydrogen (secondary N) is 1. The molecular weight excluding hydrogens is 166 g/mol. The summed E-state index contributed by atoms with van der Waals surface area (Å²) in [6.45, 7) is 3.38. The van der Waals surface area contributed by atoms with Gasteiger partial charge in [-0.2, -0.15) is 0 Å². The monoisotopic (exact) mass is 177 g/mol. The van der Waals surface area contributed by atoms with Crippen molar-refractivity contribution in [2.24, 2.45) is 4.99 Å². The van der Waals surface area contributed by atoms with Crippen LogP contribution in [0, 0.1) is 6.92 Å². The summed E-state index contributed by atoms with van der Waals surface area (Å²) < 4.78 is 5.21. The molecule has 0 saturated carbocycles. The van der Waals surface area contributed by atoms with E-state index < -0.39 is 0 Å². The molecule has 13 heavy (non-hydrogen) atoms. The average Bonchev–Trinajstić information content (AvgIpc) is 2.61. The first-order chi connectivity index (χ1) is 6.36. The number of ether oxygens (including phenoxy) is 1. The predicted octanol–water partition coefficient (Wildman–Crippen LogP) is 1.19. The third-order valence-electron chi connectivity index (χ3n) is 1.82. The van der Waals surface area contributed by atoms with Gasteiger partial charge in [-0.05, 0) is 18.6 Å². The molecule has 68 valence electrons. The molecule has 1 N–H and O–H groups in total. The molecule has 0 spiro atoms. The van der Waals surface area contributed by atoms with Crippen LogP contribution in [0.2, 0.25) is 0 Å². The lowest BCUT2D eigenvalue weighted by Gasteiger charge is -2.06. The number of aromatic nitrogens is 1. The maximum absolute atomic E-state index is 5.21. The van der Waals surface area contributed by atoms with E-state index in [0.717, 1.165) is 17.9 Å². The molecule has 2 rings (SSSR count). The van der Waals surface area contributed by atoms with Crippen LogP contribution in [0.1, 0.15) is 5.56 Å². The summed E-state index contributed by atoms with van der Waals surface area (Å²) in [7, 11) is 0. The Morgan fingerprint density at radius 2 is 2.46 bits per heavy atom. The third-order valence-corrected chi connectivity index (χ3v) is 1.82. The van der Waals surface area contributed by atoms with Crippen molar-refractivity contribution in [1.29, 1.82) is 0 Å². The summed E-state index contributed by atoms with van der Waals surface area (Å²) in [6, 6.07) is 4.46. The maximum Gasteiger partial charge on any atom is 0.290 e. The molecule has 1 aromatic heterocycles. The second-order valence-corrected chi connectivity index (χ2v) is 2.83. The largest absolute Gasteiger partial charge is 0.463 e. The number of hydrogen-bond donors (Lipinski definition) is 1. The molecule has 0 fully saturated rings. The van der Waals surface area contributed by atoms with Crippen LogP contribution in [-0.4, -0.2) is 24.2 Å². The lowest BCUT2D eigenvalue weighted by atomic mass is 10.3. The second kappa shape index (κ2) is 3.43. The van der Waals surface area contributed by atoms with Gasteiger partial charge >= 0.3 is 0 Å². The highest BCUT2D eigenvalue weighted by molar-refractivity contribution is 5.89. The van der Waals surface area contributed by atoms with Crippen molar-refractivity contribution in [1.82, 2.24) is 4.98 Å². The van der Waals surface area contributed by atoms with Gasteiger partial charge in [-0.25, -0.2) is 9.98 Å². The standard InChI is InChI=1S/C9H11N3O/c1-7-3-2-4-10-8(7)12-9-11-5-6-13-9/h2-4H,5-6H2,1H3,(H,10,11,12). The number of nitrogens with zero attached hydrogens (tertiary/aromatic N) is 2. The van der Waals surface area contributed by atoms with Crippen LogP contribution in [0.25, 0.3) is 0 Å². The molecule has 2 heterocycles. The fraction of sp³-hybridized carbons (Fsp3) is 0.333. The fourth-order valence-electron chi connectivity index (χ4n) is 1.13. The van der Waals surface area contributed by atoms with Crippen LogP contribution in [-0.2, 0) is 4.74 Å². The Morgan fingerprint density at radius 3 is 3.15 bits per heavy atom. The van der Waals surface area contributed by atoms with Crippen molar-refractivity contribution in [3.63, 3.8) is 0 Å². The molecule has 1 aliphatic heterocycles. The summed E-state index contributed by atoms with van der Waals surface area (Å²) in [5.41, 5.74) is 1.08. The molecule has 0 atom stereocenters. The lowest BCUT2D eigenvalue weighted by molar-refractivity contribution is 0.346. The normalized spacial score (nSPS) is 15.0. The van der Waals surface area contributed by atoms with Gasteiger partial charge in [-0.1, -0.05) is 6.07 Å². The molecule has 0 aliphatic carbocycles. The van der Waals surface area contributed by atoms with E-state index in [-0.39, 0.29) is 0 Å². The average molecular weight is 177 g/mol. The zero-order valence-corrected chi connectivity index (χ0v) is 7.45. The minimum absolute atomic E-state index is 0.571. The quantitative estimate of drug-likeness (QED) is 0.700. The van der Waals surface area contributed by atoms with Crippen LogP contribution in [0.5, 0.6) is 0 Å². The smallest absolute Gasteiger partial charge is 0.290 e. The van der Waals surface area contributed by atoms with Crippen LogP contribution in [0.4, 0.5) is 5.82 Å². The summed E-state index contributed by atoms with van der Waals surface area (Å²) in [4.78, 5) is 8.29. The SMILES string of the molecule is Cc1cccnc1NC1=NCCO1. The van der Waals surface area contributed by atoms with Crippen molar-refractivity contribution in [2.45, 2.75) is 6.92 Å². The minimum Gasteiger partial charge on any atom is -0.463 e. The zero-order valence-electron chi connectivity index (χ0n) is 7.45. The van der Waals surface area contributed by atoms with Crippen LogP contribution in [0.15, 0.2) is 23.3 Å². The number of aliphatic imine (C=N–C) groups is 1. The molecule has 1 aliphatic rings. The van der Waals surface area contributed by atoms with Gasteiger partial charge in [0.25, 0.3) is 6.02 Å². The summed E-state index contributed by atoms with van der Waals surface area (Å²) in [5, 5.41) is 3.03. The number of rotatable bonds is 1. The zero-order chi connectivity index (χ0) is 9.10. The first-order valence-corrected chi connectivity index (χ1v) is 4.22. The topological polar surface area (TPSA) is 46.5 Å². The van der Waals surface area contributed by atoms with Gasteiger partial charge in [0.1, 0.15) is 12.4 Å². The van der Waals surface area contributed by atoms with Crippen molar-refractivity contribution >= 4 is 11.8 Å². The van der Waals surface area contributed by atoms with Gasteiger partial charge in [0.05, 0.1) is 6.54 Å². The molecule has 4 nitrogen and oxygen atoms in total. The molecule has 0 aromatic carbocycles. The van der Waals surface area contributed by atoms with Crippen molar-refractivity contribution < 1.29 is 4.74 Å². The Balaban J connectivity index is 2.13. The molecule has 0 saturated heterocycles. The Morgan fingerprint density at radius 1 is 1.54 bits per heavy atom. The van der Waals surface area contributed by atoms with Crippen molar-refractivity contribution in [2.75, 3.05) is 18.5 Å². The third kappa shape index (κ3) is 1.77. The highest BCUT2D eigenvalue weighted by Crippen LogP contribution is 2.10. The molecule has 0 bridgehead atoms. The molecule has 1 aromatic rings. The molecular formula is C9H11N3O. The van der Waals surface area contributed by atoms with Crippen molar-refractivity contribution in [3.05, 3.63) is 23.9 Å². The lowest BCUT2D eigenvalue weighted by Crippen LogP contribution is -2.13. The molecule has 0 amide bonds. The fourth-order valence-corrected chi connectivity index (χ4v) is 1.13. The van der Waals surface area contributed by atoms with Gasteiger partial charge in [0, 0.05) is 6.20 Å². The van der Waals surface area contributed by atoms with E-state index in [0.29, 0.717) is 12.6 Å². The highest BCUT2D eigenvalue weighted by Gasteiger charge is 2.08. The van der Waals surface area contributed by atoms with Crippen molar-refractivity contribution in [3.8, 4) is 0 Å². The van der Waals surface area contributed by atoms with Gasteiger partial charge < -0.3 is 4.74 Å². The predicted molar refractivity (Wildman–Crippen MR) is 50.9 cm³/mol. The Labute approximate surface area is 76.7 Å². The van der Waals surface area contributed by atoms with E-state index >= 15 is 0 Å². The molecule has 0 unspecified atom stereocenters. The maximum atomic E-state index is 5.21. The highest BCUT2D eigenvalue weighted by atomic mass is 16.5. The first-order valence-electron chi connectivity index (χ1n) is 4.22. The summed E-state index contributed by atoms with van der Waals surface area (Å²) in [5.74, 6) is 0.808. The number of hydrogen-bond acceptors (Lipinski definition) is 4. The number of pyridine rings is 1.